The van der Waals surface area contributed by atoms with Crippen LogP contribution in [0.5, 0.6) is 0 Å². The van der Waals surface area contributed by atoms with Crippen molar-refractivity contribution in [3.05, 3.63) is 53.2 Å². The lowest BCUT2D eigenvalue weighted by Gasteiger charge is -2.42. The smallest absolute Gasteiger partial charge is 0.337 e. The Balaban J connectivity index is 2.17. The zero-order valence-corrected chi connectivity index (χ0v) is 19.8. The Labute approximate surface area is 185 Å². The zero-order valence-electron chi connectivity index (χ0n) is 19.0. The first-order valence-corrected chi connectivity index (χ1v) is 12.4. The van der Waals surface area contributed by atoms with E-state index in [1.807, 2.05) is 25.1 Å². The number of unbranched alkanes of at least 4 members (excludes halogenated alkanes) is 1. The molecule has 1 N–H and O–H groups in total. The van der Waals surface area contributed by atoms with Crippen LogP contribution in [0.3, 0.4) is 0 Å². The molecule has 0 saturated carbocycles. The third-order valence-corrected chi connectivity index (χ3v) is 8.07. The first-order valence-electron chi connectivity index (χ1n) is 10.8. The number of anilines is 2. The molecule has 1 aliphatic carbocycles. The molecule has 1 aromatic heterocycles. The summed E-state index contributed by atoms with van der Waals surface area (Å²) in [6.45, 7) is 10.8. The summed E-state index contributed by atoms with van der Waals surface area (Å²) in [6.07, 6.45) is 4.58. The highest BCUT2D eigenvalue weighted by molar-refractivity contribution is 7.93. The normalized spacial score (nSPS) is 17.1. The van der Waals surface area contributed by atoms with Gasteiger partial charge in [0.05, 0.1) is 17.0 Å². The minimum atomic E-state index is -3.69. The number of rotatable bonds is 7. The van der Waals surface area contributed by atoms with E-state index in [4.69, 9.17) is 0 Å². The maximum Gasteiger partial charge on any atom is 0.337 e. The highest BCUT2D eigenvalue weighted by Gasteiger charge is 2.38. The second kappa shape index (κ2) is 8.26. The van der Waals surface area contributed by atoms with Crippen LogP contribution in [0.15, 0.2) is 36.5 Å². The van der Waals surface area contributed by atoms with Gasteiger partial charge >= 0.3 is 5.97 Å². The number of benzene rings is 1. The Bertz CT molecular complexity index is 1070. The second-order valence-corrected chi connectivity index (χ2v) is 11.6. The Morgan fingerprint density at radius 1 is 1.06 bits per heavy atom. The molecule has 0 atom stereocenters. The van der Waals surface area contributed by atoms with E-state index in [1.165, 1.54) is 28.2 Å². The molecule has 0 spiro atoms. The van der Waals surface area contributed by atoms with Gasteiger partial charge in [-0.25, -0.2) is 22.5 Å². The van der Waals surface area contributed by atoms with Gasteiger partial charge in [-0.15, -0.1) is 0 Å². The highest BCUT2D eigenvalue weighted by atomic mass is 32.2. The summed E-state index contributed by atoms with van der Waals surface area (Å²) in [7, 11) is -3.69. The van der Waals surface area contributed by atoms with E-state index in [1.54, 1.807) is 0 Å². The van der Waals surface area contributed by atoms with Gasteiger partial charge in [-0.1, -0.05) is 47.1 Å². The van der Waals surface area contributed by atoms with Crippen LogP contribution in [0.4, 0.5) is 11.5 Å². The number of sulfonamides is 1. The number of aromatic carboxylic acids is 1. The molecule has 0 saturated heterocycles. The van der Waals surface area contributed by atoms with Crippen molar-refractivity contribution in [3.8, 4) is 0 Å². The first-order chi connectivity index (χ1) is 14.4. The second-order valence-electron chi connectivity index (χ2n) is 9.64. The monoisotopic (exact) mass is 444 g/mol. The quantitative estimate of drug-likeness (QED) is 0.618. The molecule has 0 radical (unpaired) electrons. The minimum absolute atomic E-state index is 0.00215. The number of pyridine rings is 1. The van der Waals surface area contributed by atoms with Crippen molar-refractivity contribution >= 4 is 27.5 Å². The molecule has 0 bridgehead atoms. The van der Waals surface area contributed by atoms with E-state index in [-0.39, 0.29) is 28.0 Å². The van der Waals surface area contributed by atoms with Crippen molar-refractivity contribution in [1.82, 2.24) is 4.98 Å². The van der Waals surface area contributed by atoms with Crippen LogP contribution >= 0.6 is 0 Å². The fourth-order valence-corrected chi connectivity index (χ4v) is 5.85. The van der Waals surface area contributed by atoms with E-state index < -0.39 is 16.0 Å². The summed E-state index contributed by atoms with van der Waals surface area (Å²) >= 11 is 0. The molecular weight excluding hydrogens is 412 g/mol. The molecule has 0 amide bonds. The molecule has 2 aromatic rings. The lowest BCUT2D eigenvalue weighted by Crippen LogP contribution is -2.35. The standard InChI is InChI=1S/C24H32N2O4S/c1-6-7-14-31(29,30)26(21-11-8-17(16-25-21)22(27)28)18-9-10-19-20(15-18)24(4,5)13-12-23(19,2)3/h8-11,15-16H,6-7,12-14H2,1-5H3,(H,27,28). The largest absolute Gasteiger partial charge is 0.478 e. The maximum atomic E-state index is 13.3. The summed E-state index contributed by atoms with van der Waals surface area (Å²) in [5.41, 5.74) is 2.91. The number of nitrogens with zero attached hydrogens (tertiary/aromatic N) is 2. The van der Waals surface area contributed by atoms with Crippen molar-refractivity contribution in [1.29, 1.82) is 0 Å². The Morgan fingerprint density at radius 2 is 1.71 bits per heavy atom. The van der Waals surface area contributed by atoms with Gasteiger partial charge in [-0.05, 0) is 65.5 Å². The summed E-state index contributed by atoms with van der Waals surface area (Å²) in [4.78, 5) is 15.4. The SMILES string of the molecule is CCCCS(=O)(=O)N(c1ccc2c(c1)C(C)(C)CCC2(C)C)c1ccc(C(=O)O)cn1. The number of carbonyl (C=O) groups is 1. The summed E-state index contributed by atoms with van der Waals surface area (Å²) in [5.74, 6) is -0.899. The van der Waals surface area contributed by atoms with Gasteiger partial charge in [0.25, 0.3) is 0 Å². The van der Waals surface area contributed by atoms with Crippen LogP contribution in [-0.2, 0) is 20.9 Å². The van der Waals surface area contributed by atoms with Crippen molar-refractivity contribution in [2.24, 2.45) is 0 Å². The number of carboxylic acids is 1. The van der Waals surface area contributed by atoms with Crippen LogP contribution < -0.4 is 4.31 Å². The first kappa shape index (κ1) is 23.3. The van der Waals surface area contributed by atoms with Crippen molar-refractivity contribution in [2.75, 3.05) is 10.1 Å². The number of hydrogen-bond acceptors (Lipinski definition) is 4. The molecule has 0 unspecified atom stereocenters. The van der Waals surface area contributed by atoms with Gasteiger partial charge in [0.1, 0.15) is 5.82 Å². The molecule has 1 aromatic carbocycles. The minimum Gasteiger partial charge on any atom is -0.478 e. The average Bonchev–Trinajstić information content (AvgIpc) is 2.70. The van der Waals surface area contributed by atoms with Crippen molar-refractivity contribution in [3.63, 3.8) is 0 Å². The molecule has 31 heavy (non-hydrogen) atoms. The molecule has 1 aliphatic rings. The maximum absolute atomic E-state index is 13.3. The van der Waals surface area contributed by atoms with Crippen LogP contribution in [0.25, 0.3) is 0 Å². The molecule has 7 heteroatoms. The van der Waals surface area contributed by atoms with E-state index in [2.05, 4.69) is 32.7 Å². The fraction of sp³-hybridized carbons (Fsp3) is 0.500. The Hall–Kier alpha value is -2.41. The van der Waals surface area contributed by atoms with Gasteiger partial charge in [-0.3, -0.25) is 0 Å². The fourth-order valence-electron chi connectivity index (χ4n) is 4.19. The third kappa shape index (κ3) is 4.61. The average molecular weight is 445 g/mol. The van der Waals surface area contributed by atoms with E-state index in [0.717, 1.165) is 24.8 Å². The number of fused-ring (bicyclic) bond motifs is 1. The molecule has 168 valence electrons. The van der Waals surface area contributed by atoms with Crippen molar-refractivity contribution < 1.29 is 18.3 Å². The topological polar surface area (TPSA) is 87.6 Å². The van der Waals surface area contributed by atoms with Gasteiger partial charge < -0.3 is 5.11 Å². The zero-order chi connectivity index (χ0) is 23.0. The van der Waals surface area contributed by atoms with Gasteiger partial charge in [0, 0.05) is 6.20 Å². The van der Waals surface area contributed by atoms with Crippen LogP contribution in [0, 0.1) is 0 Å². The van der Waals surface area contributed by atoms with Crippen LogP contribution in [-0.4, -0.2) is 30.2 Å². The van der Waals surface area contributed by atoms with Gasteiger partial charge in [0.2, 0.25) is 10.0 Å². The molecule has 0 aliphatic heterocycles. The molecule has 3 rings (SSSR count). The predicted molar refractivity (Wildman–Crippen MR) is 124 cm³/mol. The van der Waals surface area contributed by atoms with E-state index >= 15 is 0 Å². The predicted octanol–water partition coefficient (Wildman–Crippen LogP) is 5.40. The summed E-state index contributed by atoms with van der Waals surface area (Å²) < 4.78 is 27.9. The van der Waals surface area contributed by atoms with Gasteiger partial charge in [-0.2, -0.15) is 0 Å². The lowest BCUT2D eigenvalue weighted by atomic mass is 9.63. The van der Waals surface area contributed by atoms with Crippen LogP contribution in [0.1, 0.15) is 81.8 Å². The summed E-state index contributed by atoms with van der Waals surface area (Å²) in [5, 5.41) is 9.17. The summed E-state index contributed by atoms with van der Waals surface area (Å²) in [6, 6.07) is 8.71. The lowest BCUT2D eigenvalue weighted by molar-refractivity contribution is 0.0696. The Kier molecular flexibility index (Phi) is 6.20. The molecule has 0 fully saturated rings. The molecular formula is C24H32N2O4S. The van der Waals surface area contributed by atoms with E-state index in [9.17, 15) is 18.3 Å². The number of aromatic nitrogens is 1. The Morgan fingerprint density at radius 3 is 2.26 bits per heavy atom. The molecule has 6 nitrogen and oxygen atoms in total. The number of hydrogen-bond donors (Lipinski definition) is 1. The third-order valence-electron chi connectivity index (χ3n) is 6.31. The van der Waals surface area contributed by atoms with Crippen LogP contribution in [0.2, 0.25) is 0 Å². The van der Waals surface area contributed by atoms with Crippen molar-refractivity contribution in [2.45, 2.75) is 71.1 Å². The highest BCUT2D eigenvalue weighted by Crippen LogP contribution is 2.47. The van der Waals surface area contributed by atoms with Gasteiger partial charge in [0.15, 0.2) is 0 Å². The number of carboxylic acid groups (broad SMARTS) is 1. The van der Waals surface area contributed by atoms with E-state index in [0.29, 0.717) is 12.1 Å². The molecule has 1 heterocycles.